The second-order valence-corrected chi connectivity index (χ2v) is 6.91. The van der Waals surface area contributed by atoms with Crippen molar-refractivity contribution in [3.63, 3.8) is 0 Å². The van der Waals surface area contributed by atoms with Crippen molar-refractivity contribution >= 4 is 17.6 Å². The molecule has 0 spiro atoms. The molecule has 0 aliphatic rings. The Morgan fingerprint density at radius 2 is 1.87 bits per heavy atom. The van der Waals surface area contributed by atoms with Crippen molar-refractivity contribution in [2.45, 2.75) is 33.1 Å². The fourth-order valence-electron chi connectivity index (χ4n) is 2.17. The van der Waals surface area contributed by atoms with Gasteiger partial charge in [0.15, 0.2) is 6.61 Å². The highest BCUT2D eigenvalue weighted by Gasteiger charge is 2.21. The predicted molar refractivity (Wildman–Crippen MR) is 92.5 cm³/mol. The van der Waals surface area contributed by atoms with E-state index in [1.54, 1.807) is 24.3 Å². The van der Waals surface area contributed by atoms with Crippen LogP contribution in [0.3, 0.4) is 0 Å². The molecule has 0 radical (unpaired) electrons. The van der Waals surface area contributed by atoms with Gasteiger partial charge in [0.1, 0.15) is 11.5 Å². The molecule has 0 saturated carbocycles. The number of carbonyl (C=O) groups is 1. The van der Waals surface area contributed by atoms with Crippen LogP contribution in [0.25, 0.3) is 0 Å². The third kappa shape index (κ3) is 5.00. The maximum atomic E-state index is 12.1. The minimum absolute atomic E-state index is 0.116. The smallest absolute Gasteiger partial charge is 0.349 e. The van der Waals surface area contributed by atoms with E-state index in [9.17, 15) is 4.79 Å². The van der Waals surface area contributed by atoms with Crippen molar-refractivity contribution in [3.05, 3.63) is 58.6 Å². The number of hydrogen-bond acceptors (Lipinski definition) is 3. The van der Waals surface area contributed by atoms with Gasteiger partial charge in [0.05, 0.1) is 0 Å². The number of rotatable bonds is 4. The molecule has 0 amide bonds. The van der Waals surface area contributed by atoms with Crippen molar-refractivity contribution in [1.29, 1.82) is 0 Å². The summed E-state index contributed by atoms with van der Waals surface area (Å²) in [6.07, 6.45) is 0. The molecule has 4 heteroatoms. The molecule has 0 atom stereocenters. The minimum Gasteiger partial charge on any atom is -0.482 e. The summed E-state index contributed by atoms with van der Waals surface area (Å²) in [4.78, 5) is 12.1. The zero-order valence-electron chi connectivity index (χ0n) is 13.9. The van der Waals surface area contributed by atoms with E-state index in [1.807, 2.05) is 25.1 Å². The van der Waals surface area contributed by atoms with Crippen LogP contribution in [-0.2, 0) is 10.2 Å². The van der Waals surface area contributed by atoms with Gasteiger partial charge in [-0.05, 0) is 36.6 Å². The van der Waals surface area contributed by atoms with Crippen molar-refractivity contribution < 1.29 is 14.3 Å². The van der Waals surface area contributed by atoms with E-state index in [0.717, 1.165) is 11.1 Å². The maximum absolute atomic E-state index is 12.1. The van der Waals surface area contributed by atoms with Gasteiger partial charge in [0.25, 0.3) is 0 Å². The summed E-state index contributed by atoms with van der Waals surface area (Å²) in [6.45, 7) is 8.10. The van der Waals surface area contributed by atoms with E-state index in [2.05, 4.69) is 20.8 Å². The van der Waals surface area contributed by atoms with Crippen LogP contribution in [0.4, 0.5) is 0 Å². The van der Waals surface area contributed by atoms with Crippen LogP contribution in [0.15, 0.2) is 42.5 Å². The number of hydrogen-bond donors (Lipinski definition) is 0. The van der Waals surface area contributed by atoms with Gasteiger partial charge in [-0.1, -0.05) is 56.1 Å². The van der Waals surface area contributed by atoms with Crippen molar-refractivity contribution in [1.82, 2.24) is 0 Å². The molecule has 23 heavy (non-hydrogen) atoms. The molecule has 3 nitrogen and oxygen atoms in total. The zero-order valence-corrected chi connectivity index (χ0v) is 14.6. The molecule has 0 unspecified atom stereocenters. The Bertz CT molecular complexity index is 702. The molecule has 0 aromatic heterocycles. The fourth-order valence-corrected chi connectivity index (χ4v) is 2.35. The van der Waals surface area contributed by atoms with Gasteiger partial charge in [-0.3, -0.25) is 0 Å². The SMILES string of the molecule is Cc1ccc(OC(=O)COc2cccc(Cl)c2)c(C(C)(C)C)c1. The first-order valence-electron chi connectivity index (χ1n) is 7.46. The van der Waals surface area contributed by atoms with E-state index in [4.69, 9.17) is 21.1 Å². The number of esters is 1. The molecule has 122 valence electrons. The van der Waals surface area contributed by atoms with Gasteiger partial charge in [0, 0.05) is 10.6 Å². The third-order valence-corrected chi connectivity index (χ3v) is 3.55. The lowest BCUT2D eigenvalue weighted by Crippen LogP contribution is -2.21. The first-order valence-corrected chi connectivity index (χ1v) is 7.84. The van der Waals surface area contributed by atoms with E-state index < -0.39 is 5.97 Å². The summed E-state index contributed by atoms with van der Waals surface area (Å²) in [5.41, 5.74) is 2.01. The lowest BCUT2D eigenvalue weighted by molar-refractivity contribution is -0.136. The van der Waals surface area contributed by atoms with Crippen molar-refractivity contribution in [2.24, 2.45) is 0 Å². The monoisotopic (exact) mass is 332 g/mol. The summed E-state index contributed by atoms with van der Waals surface area (Å²) in [7, 11) is 0. The van der Waals surface area contributed by atoms with E-state index in [1.165, 1.54) is 0 Å². The van der Waals surface area contributed by atoms with Gasteiger partial charge in [-0.15, -0.1) is 0 Å². The number of aryl methyl sites for hydroxylation is 1. The lowest BCUT2D eigenvalue weighted by Gasteiger charge is -2.22. The fraction of sp³-hybridized carbons (Fsp3) is 0.316. The Kier molecular flexibility index (Phi) is 5.32. The highest BCUT2D eigenvalue weighted by molar-refractivity contribution is 6.30. The van der Waals surface area contributed by atoms with Crippen LogP contribution < -0.4 is 9.47 Å². The lowest BCUT2D eigenvalue weighted by atomic mass is 9.85. The molecule has 2 aromatic carbocycles. The second kappa shape index (κ2) is 7.05. The van der Waals surface area contributed by atoms with E-state index >= 15 is 0 Å². The number of ether oxygens (including phenoxy) is 2. The number of carbonyl (C=O) groups excluding carboxylic acids is 1. The summed E-state index contributed by atoms with van der Waals surface area (Å²) in [5.74, 6) is 0.663. The van der Waals surface area contributed by atoms with Crippen LogP contribution in [0.2, 0.25) is 5.02 Å². The normalized spacial score (nSPS) is 11.2. The van der Waals surface area contributed by atoms with Gasteiger partial charge >= 0.3 is 5.97 Å². The molecule has 0 aliphatic heterocycles. The summed E-state index contributed by atoms with van der Waals surface area (Å²) >= 11 is 5.88. The largest absolute Gasteiger partial charge is 0.482 e. The molecule has 0 N–H and O–H groups in total. The third-order valence-electron chi connectivity index (χ3n) is 3.32. The van der Waals surface area contributed by atoms with Gasteiger partial charge < -0.3 is 9.47 Å². The van der Waals surface area contributed by atoms with Crippen molar-refractivity contribution in [2.75, 3.05) is 6.61 Å². The maximum Gasteiger partial charge on any atom is 0.349 e. The van der Waals surface area contributed by atoms with Crippen molar-refractivity contribution in [3.8, 4) is 11.5 Å². The molecule has 0 fully saturated rings. The molecule has 0 heterocycles. The van der Waals surface area contributed by atoms with Gasteiger partial charge in [0.2, 0.25) is 0 Å². The Balaban J connectivity index is 2.06. The number of benzene rings is 2. The molecule has 2 aromatic rings. The average molecular weight is 333 g/mol. The molecule has 0 bridgehead atoms. The van der Waals surface area contributed by atoms with Crippen LogP contribution in [0.5, 0.6) is 11.5 Å². The summed E-state index contributed by atoms with van der Waals surface area (Å²) < 4.78 is 10.9. The highest BCUT2D eigenvalue weighted by Crippen LogP contribution is 2.32. The molecule has 2 rings (SSSR count). The Morgan fingerprint density at radius 3 is 2.52 bits per heavy atom. The Morgan fingerprint density at radius 1 is 1.13 bits per heavy atom. The van der Waals surface area contributed by atoms with Crippen LogP contribution in [-0.4, -0.2) is 12.6 Å². The molecule has 0 saturated heterocycles. The van der Waals surface area contributed by atoms with E-state index in [-0.39, 0.29) is 12.0 Å². The topological polar surface area (TPSA) is 35.5 Å². The quantitative estimate of drug-likeness (QED) is 0.588. The Labute approximate surface area is 142 Å². The minimum atomic E-state index is -0.445. The standard InChI is InChI=1S/C19H21ClO3/c1-13-8-9-17(16(10-13)19(2,3)4)23-18(21)12-22-15-7-5-6-14(20)11-15/h5-11H,12H2,1-4H3. The Hall–Kier alpha value is -2.00. The molecular formula is C19H21ClO3. The summed E-state index contributed by atoms with van der Waals surface area (Å²) in [5, 5.41) is 0.560. The highest BCUT2D eigenvalue weighted by atomic mass is 35.5. The predicted octanol–water partition coefficient (Wildman–Crippen LogP) is 4.93. The molecule has 0 aliphatic carbocycles. The zero-order chi connectivity index (χ0) is 17.0. The second-order valence-electron chi connectivity index (χ2n) is 6.47. The summed E-state index contributed by atoms with van der Waals surface area (Å²) in [6, 6.07) is 12.7. The van der Waals surface area contributed by atoms with Crippen LogP contribution in [0, 0.1) is 6.92 Å². The first kappa shape index (κ1) is 17.4. The van der Waals surface area contributed by atoms with Gasteiger partial charge in [-0.25, -0.2) is 4.79 Å². The van der Waals surface area contributed by atoms with Crippen LogP contribution >= 0.6 is 11.6 Å². The first-order chi connectivity index (χ1) is 10.8. The van der Waals surface area contributed by atoms with Gasteiger partial charge in [-0.2, -0.15) is 0 Å². The van der Waals surface area contributed by atoms with Crippen LogP contribution in [0.1, 0.15) is 31.9 Å². The number of halogens is 1. The average Bonchev–Trinajstić information content (AvgIpc) is 2.46. The molecular weight excluding hydrogens is 312 g/mol. The van der Waals surface area contributed by atoms with E-state index in [0.29, 0.717) is 16.5 Å².